The first kappa shape index (κ1) is 18.7. The summed E-state index contributed by atoms with van der Waals surface area (Å²) >= 11 is 5.96. The highest BCUT2D eigenvalue weighted by atomic mass is 35.5. The van der Waals surface area contributed by atoms with E-state index in [-0.39, 0.29) is 5.76 Å². The van der Waals surface area contributed by atoms with Gasteiger partial charge in [-0.05, 0) is 56.3 Å². The second-order valence-electron chi connectivity index (χ2n) is 5.85. The van der Waals surface area contributed by atoms with E-state index in [9.17, 15) is 14.0 Å². The number of aryl methyl sites for hydroxylation is 1. The van der Waals surface area contributed by atoms with Crippen molar-refractivity contribution in [2.45, 2.75) is 20.0 Å². The van der Waals surface area contributed by atoms with Gasteiger partial charge in [-0.1, -0.05) is 11.6 Å². The van der Waals surface area contributed by atoms with E-state index in [0.29, 0.717) is 27.3 Å². The first-order valence-corrected chi connectivity index (χ1v) is 8.44. The molecular weight excluding hydrogens is 375 g/mol. The number of amides is 2. The van der Waals surface area contributed by atoms with Crippen molar-refractivity contribution < 1.29 is 23.1 Å². The van der Waals surface area contributed by atoms with Crippen molar-refractivity contribution in [1.82, 2.24) is 10.9 Å². The van der Waals surface area contributed by atoms with Gasteiger partial charge in [-0.15, -0.1) is 0 Å². The average molecular weight is 391 g/mol. The van der Waals surface area contributed by atoms with Crippen molar-refractivity contribution >= 4 is 34.4 Å². The molecule has 3 aromatic rings. The van der Waals surface area contributed by atoms with Crippen molar-refractivity contribution in [1.29, 1.82) is 0 Å². The molecule has 0 aliphatic carbocycles. The summed E-state index contributed by atoms with van der Waals surface area (Å²) in [5.41, 5.74) is 5.68. The Morgan fingerprint density at radius 1 is 1.15 bits per heavy atom. The van der Waals surface area contributed by atoms with E-state index in [4.69, 9.17) is 20.8 Å². The summed E-state index contributed by atoms with van der Waals surface area (Å²) in [7, 11) is 0. The highest BCUT2D eigenvalue weighted by Crippen LogP contribution is 2.27. The smallest absolute Gasteiger partial charge is 0.305 e. The number of ether oxygens (including phenoxy) is 1. The Balaban J connectivity index is 1.62. The number of nitrogens with one attached hydrogen (secondary N) is 2. The van der Waals surface area contributed by atoms with Crippen LogP contribution in [0.5, 0.6) is 5.75 Å². The number of halogens is 2. The number of rotatable bonds is 4. The average Bonchev–Trinajstić information content (AvgIpc) is 2.97. The lowest BCUT2D eigenvalue weighted by molar-refractivity contribution is -0.128. The van der Waals surface area contributed by atoms with Gasteiger partial charge in [0.25, 0.3) is 5.91 Å². The van der Waals surface area contributed by atoms with Crippen molar-refractivity contribution in [2.75, 3.05) is 0 Å². The maximum absolute atomic E-state index is 12.9. The van der Waals surface area contributed by atoms with Gasteiger partial charge in [0.1, 0.15) is 17.1 Å². The Labute approximate surface area is 159 Å². The molecule has 0 aliphatic heterocycles. The number of hydrogen-bond acceptors (Lipinski definition) is 4. The molecule has 2 aromatic carbocycles. The molecule has 0 fully saturated rings. The van der Waals surface area contributed by atoms with Crippen molar-refractivity contribution in [3.8, 4) is 5.75 Å². The van der Waals surface area contributed by atoms with Crippen LogP contribution < -0.4 is 15.6 Å². The van der Waals surface area contributed by atoms with Gasteiger partial charge in [0, 0.05) is 16.0 Å². The number of fused-ring (bicyclic) bond motifs is 1. The predicted octanol–water partition coefficient (Wildman–Crippen LogP) is 3.76. The zero-order chi connectivity index (χ0) is 19.6. The van der Waals surface area contributed by atoms with E-state index < -0.39 is 23.7 Å². The van der Waals surface area contributed by atoms with Crippen LogP contribution in [0.4, 0.5) is 4.39 Å². The van der Waals surface area contributed by atoms with Crippen LogP contribution in [0, 0.1) is 12.7 Å². The number of carbonyl (C=O) groups is 2. The molecule has 1 unspecified atom stereocenters. The predicted molar refractivity (Wildman–Crippen MR) is 98.1 cm³/mol. The van der Waals surface area contributed by atoms with Gasteiger partial charge < -0.3 is 9.15 Å². The van der Waals surface area contributed by atoms with E-state index in [2.05, 4.69) is 10.9 Å². The van der Waals surface area contributed by atoms with Crippen molar-refractivity contribution in [3.05, 3.63) is 64.6 Å². The Kier molecular flexibility index (Phi) is 5.32. The summed E-state index contributed by atoms with van der Waals surface area (Å²) < 4.78 is 23.8. The number of benzene rings is 2. The van der Waals surface area contributed by atoms with Crippen LogP contribution in [-0.2, 0) is 4.79 Å². The van der Waals surface area contributed by atoms with Crippen LogP contribution in [0.25, 0.3) is 11.0 Å². The third kappa shape index (κ3) is 4.20. The summed E-state index contributed by atoms with van der Waals surface area (Å²) in [6.45, 7) is 3.22. The number of hydrogen-bond donors (Lipinski definition) is 2. The van der Waals surface area contributed by atoms with Gasteiger partial charge in [0.2, 0.25) is 0 Å². The maximum atomic E-state index is 12.9. The molecule has 2 N–H and O–H groups in total. The van der Waals surface area contributed by atoms with Crippen LogP contribution in [0.3, 0.4) is 0 Å². The van der Waals surface area contributed by atoms with Crippen LogP contribution >= 0.6 is 11.6 Å². The second-order valence-corrected chi connectivity index (χ2v) is 6.29. The zero-order valence-electron chi connectivity index (χ0n) is 14.5. The SMILES string of the molecule is Cc1c(C(=O)NNC(=O)C(C)Oc2ccc(F)cc2)oc2ccc(Cl)cc12. The first-order valence-electron chi connectivity index (χ1n) is 8.06. The molecule has 8 heteroatoms. The van der Waals surface area contributed by atoms with Gasteiger partial charge in [-0.25, -0.2) is 4.39 Å². The fraction of sp³-hybridized carbons (Fsp3) is 0.158. The molecule has 0 saturated carbocycles. The quantitative estimate of drug-likeness (QED) is 0.665. The fourth-order valence-corrected chi connectivity index (χ4v) is 2.63. The molecule has 0 saturated heterocycles. The number of carbonyl (C=O) groups excluding carboxylic acids is 2. The summed E-state index contributed by atoms with van der Waals surface area (Å²) in [5, 5.41) is 1.24. The molecule has 140 valence electrons. The lowest BCUT2D eigenvalue weighted by atomic mass is 10.1. The largest absolute Gasteiger partial charge is 0.481 e. The summed E-state index contributed by atoms with van der Waals surface area (Å²) in [6.07, 6.45) is -0.911. The van der Waals surface area contributed by atoms with Crippen molar-refractivity contribution in [3.63, 3.8) is 0 Å². The molecule has 1 aromatic heterocycles. The summed E-state index contributed by atoms with van der Waals surface area (Å²) in [4.78, 5) is 24.4. The van der Waals surface area contributed by atoms with E-state index in [1.54, 1.807) is 25.1 Å². The molecule has 6 nitrogen and oxygen atoms in total. The first-order chi connectivity index (χ1) is 12.8. The lowest BCUT2D eigenvalue weighted by Gasteiger charge is -2.14. The third-order valence-electron chi connectivity index (χ3n) is 3.90. The summed E-state index contributed by atoms with van der Waals surface area (Å²) in [5.74, 6) is -1.20. The molecule has 27 heavy (non-hydrogen) atoms. The van der Waals surface area contributed by atoms with E-state index in [1.165, 1.54) is 31.2 Å². The second kappa shape index (κ2) is 7.67. The molecule has 0 spiro atoms. The van der Waals surface area contributed by atoms with Gasteiger partial charge >= 0.3 is 5.91 Å². The van der Waals surface area contributed by atoms with Crippen LogP contribution in [0.15, 0.2) is 46.9 Å². The molecule has 1 atom stereocenters. The zero-order valence-corrected chi connectivity index (χ0v) is 15.3. The Hall–Kier alpha value is -3.06. The highest BCUT2D eigenvalue weighted by molar-refractivity contribution is 6.31. The number of furan rings is 1. The molecule has 3 rings (SSSR count). The molecule has 0 aliphatic rings. The minimum Gasteiger partial charge on any atom is -0.481 e. The van der Waals surface area contributed by atoms with Crippen molar-refractivity contribution in [2.24, 2.45) is 0 Å². The van der Waals surface area contributed by atoms with Crippen LogP contribution in [0.1, 0.15) is 23.0 Å². The maximum Gasteiger partial charge on any atom is 0.305 e. The third-order valence-corrected chi connectivity index (χ3v) is 4.13. The van der Waals surface area contributed by atoms with Crippen LogP contribution in [0.2, 0.25) is 5.02 Å². The minimum absolute atomic E-state index is 0.0691. The minimum atomic E-state index is -0.911. The fourth-order valence-electron chi connectivity index (χ4n) is 2.46. The monoisotopic (exact) mass is 390 g/mol. The molecule has 0 bridgehead atoms. The van der Waals surface area contributed by atoms with E-state index in [0.717, 1.165) is 0 Å². The Bertz CT molecular complexity index is 1000. The molecule has 2 amide bonds. The van der Waals surface area contributed by atoms with Gasteiger partial charge in [-0.3, -0.25) is 20.4 Å². The lowest BCUT2D eigenvalue weighted by Crippen LogP contribution is -2.47. The van der Waals surface area contributed by atoms with Crippen LogP contribution in [-0.4, -0.2) is 17.9 Å². The van der Waals surface area contributed by atoms with E-state index in [1.807, 2.05) is 0 Å². The van der Waals surface area contributed by atoms with Gasteiger partial charge in [0.05, 0.1) is 0 Å². The molecule has 0 radical (unpaired) electrons. The van der Waals surface area contributed by atoms with E-state index >= 15 is 0 Å². The standard InChI is InChI=1S/C19H16ClFN2O4/c1-10-15-9-12(20)3-8-16(15)27-17(10)19(25)23-22-18(24)11(2)26-14-6-4-13(21)5-7-14/h3-9,11H,1-2H3,(H,22,24)(H,23,25). The molecular formula is C19H16ClFN2O4. The Morgan fingerprint density at radius 3 is 2.56 bits per heavy atom. The van der Waals surface area contributed by atoms with Gasteiger partial charge in [-0.2, -0.15) is 0 Å². The Morgan fingerprint density at radius 2 is 1.85 bits per heavy atom. The summed E-state index contributed by atoms with van der Waals surface area (Å²) in [6, 6.07) is 10.3. The highest BCUT2D eigenvalue weighted by Gasteiger charge is 2.20. The number of hydrazine groups is 1. The van der Waals surface area contributed by atoms with Gasteiger partial charge in [0.15, 0.2) is 11.9 Å². The topological polar surface area (TPSA) is 80.6 Å². The normalized spacial score (nSPS) is 11.9. The molecule has 1 heterocycles.